The molecule has 0 bridgehead atoms. The highest BCUT2D eigenvalue weighted by molar-refractivity contribution is 5.12. The normalized spacial score (nSPS) is 23.2. The van der Waals surface area contributed by atoms with Crippen LogP contribution in [0.5, 0.6) is 0 Å². The Balaban J connectivity index is 1.41. The summed E-state index contributed by atoms with van der Waals surface area (Å²) < 4.78 is 4.50. The molecule has 2 aliphatic rings. The van der Waals surface area contributed by atoms with Gasteiger partial charge in [-0.3, -0.25) is 9.58 Å². The summed E-state index contributed by atoms with van der Waals surface area (Å²) in [6.45, 7) is 6.83. The number of nitrogens with zero attached hydrogens (tertiary/aromatic N) is 6. The van der Waals surface area contributed by atoms with Crippen molar-refractivity contribution in [2.45, 2.75) is 70.6 Å². The first kappa shape index (κ1) is 16.7. The average Bonchev–Trinajstić information content (AvgIpc) is 3.21. The second-order valence-electron chi connectivity index (χ2n) is 7.89. The van der Waals surface area contributed by atoms with Gasteiger partial charge in [0.2, 0.25) is 0 Å². The third-order valence-electron chi connectivity index (χ3n) is 5.45. The van der Waals surface area contributed by atoms with Gasteiger partial charge in [0.15, 0.2) is 0 Å². The highest BCUT2D eigenvalue weighted by Gasteiger charge is 2.36. The van der Waals surface area contributed by atoms with E-state index in [-0.39, 0.29) is 0 Å². The zero-order chi connectivity index (χ0) is 17.6. The molecule has 2 saturated carbocycles. The molecular formula is C18H29N7. The summed E-state index contributed by atoms with van der Waals surface area (Å²) in [6.07, 6.45) is 4.62. The van der Waals surface area contributed by atoms with Crippen LogP contribution < -0.4 is 5.73 Å². The highest BCUT2D eigenvalue weighted by atomic mass is 15.3. The SMILES string of the molecule is Cc1cc(C)n(CCN(C)Cc2nnc(C3CC(N)C3)n2C2CC2)n1. The van der Waals surface area contributed by atoms with E-state index < -0.39 is 0 Å². The highest BCUT2D eigenvalue weighted by Crippen LogP contribution is 2.42. The van der Waals surface area contributed by atoms with Crippen molar-refractivity contribution in [3.05, 3.63) is 29.1 Å². The molecule has 2 fully saturated rings. The smallest absolute Gasteiger partial charge is 0.147 e. The molecule has 2 aliphatic carbocycles. The van der Waals surface area contributed by atoms with E-state index in [4.69, 9.17) is 5.73 Å². The van der Waals surface area contributed by atoms with E-state index in [9.17, 15) is 0 Å². The zero-order valence-corrected chi connectivity index (χ0v) is 15.5. The topological polar surface area (TPSA) is 77.8 Å². The van der Waals surface area contributed by atoms with Crippen molar-refractivity contribution < 1.29 is 0 Å². The maximum Gasteiger partial charge on any atom is 0.147 e. The standard InChI is InChI=1S/C18H29N7/c1-12-8-13(2)24(22-12)7-6-23(3)11-17-20-21-18(14-9-15(19)10-14)25(17)16-4-5-16/h8,14-16H,4-7,9-11,19H2,1-3H3. The molecule has 7 nitrogen and oxygen atoms in total. The van der Waals surface area contributed by atoms with E-state index in [1.165, 1.54) is 24.4 Å². The fourth-order valence-corrected chi connectivity index (χ4v) is 3.81. The third kappa shape index (κ3) is 3.48. The van der Waals surface area contributed by atoms with Crippen LogP contribution >= 0.6 is 0 Å². The molecule has 25 heavy (non-hydrogen) atoms. The van der Waals surface area contributed by atoms with Gasteiger partial charge in [-0.1, -0.05) is 0 Å². The van der Waals surface area contributed by atoms with Crippen LogP contribution in [0.2, 0.25) is 0 Å². The van der Waals surface area contributed by atoms with E-state index in [1.807, 2.05) is 6.92 Å². The second-order valence-corrected chi connectivity index (χ2v) is 7.89. The molecule has 0 saturated heterocycles. The Bertz CT molecular complexity index is 737. The van der Waals surface area contributed by atoms with Crippen molar-refractivity contribution in [2.75, 3.05) is 13.6 Å². The first-order chi connectivity index (χ1) is 12.0. The van der Waals surface area contributed by atoms with Crippen LogP contribution in [0.1, 0.15) is 60.7 Å². The maximum absolute atomic E-state index is 5.97. The Kier molecular flexibility index (Phi) is 4.37. The Labute approximate surface area is 149 Å². The van der Waals surface area contributed by atoms with Crippen LogP contribution in [-0.2, 0) is 13.1 Å². The fraction of sp³-hybridized carbons (Fsp3) is 0.722. The first-order valence-electron chi connectivity index (χ1n) is 9.40. The largest absolute Gasteiger partial charge is 0.328 e. The first-order valence-corrected chi connectivity index (χ1v) is 9.40. The lowest BCUT2D eigenvalue weighted by Crippen LogP contribution is -2.36. The summed E-state index contributed by atoms with van der Waals surface area (Å²) in [5.74, 6) is 2.79. The molecule has 0 atom stereocenters. The van der Waals surface area contributed by atoms with Crippen LogP contribution in [0, 0.1) is 13.8 Å². The Morgan fingerprint density at radius 1 is 1.24 bits per heavy atom. The minimum atomic E-state index is 0.348. The number of nitrogens with two attached hydrogens (primary N) is 1. The van der Waals surface area contributed by atoms with Gasteiger partial charge < -0.3 is 10.3 Å². The number of aromatic nitrogens is 5. The maximum atomic E-state index is 5.97. The lowest BCUT2D eigenvalue weighted by Gasteiger charge is -2.32. The van der Waals surface area contributed by atoms with Gasteiger partial charge in [-0.2, -0.15) is 5.10 Å². The number of hydrogen-bond acceptors (Lipinski definition) is 5. The third-order valence-corrected chi connectivity index (χ3v) is 5.45. The molecule has 2 aromatic rings. The van der Waals surface area contributed by atoms with Gasteiger partial charge in [0, 0.05) is 30.2 Å². The van der Waals surface area contributed by atoms with E-state index >= 15 is 0 Å². The molecule has 0 amide bonds. The van der Waals surface area contributed by atoms with Crippen molar-refractivity contribution >= 4 is 0 Å². The molecule has 0 radical (unpaired) electrons. The molecule has 0 spiro atoms. The summed E-state index contributed by atoms with van der Waals surface area (Å²) in [4.78, 5) is 2.32. The van der Waals surface area contributed by atoms with E-state index in [0.717, 1.165) is 44.0 Å². The Morgan fingerprint density at radius 2 is 2.00 bits per heavy atom. The van der Waals surface area contributed by atoms with Crippen LogP contribution in [0.25, 0.3) is 0 Å². The van der Waals surface area contributed by atoms with Gasteiger partial charge in [0.25, 0.3) is 0 Å². The van der Waals surface area contributed by atoms with Crippen LogP contribution in [0.4, 0.5) is 0 Å². The molecule has 7 heteroatoms. The van der Waals surface area contributed by atoms with Gasteiger partial charge in [0.05, 0.1) is 18.8 Å². The predicted octanol–water partition coefficient (Wildman–Crippen LogP) is 1.76. The Morgan fingerprint density at radius 3 is 2.60 bits per heavy atom. The van der Waals surface area contributed by atoms with Gasteiger partial charge >= 0.3 is 0 Å². The summed E-state index contributed by atoms with van der Waals surface area (Å²) >= 11 is 0. The molecule has 0 unspecified atom stereocenters. The Hall–Kier alpha value is -1.73. The minimum Gasteiger partial charge on any atom is -0.328 e. The summed E-state index contributed by atoms with van der Waals surface area (Å²) in [7, 11) is 2.15. The van der Waals surface area contributed by atoms with Gasteiger partial charge in [-0.15, -0.1) is 10.2 Å². The van der Waals surface area contributed by atoms with Crippen molar-refractivity contribution in [2.24, 2.45) is 5.73 Å². The van der Waals surface area contributed by atoms with Crippen molar-refractivity contribution in [3.8, 4) is 0 Å². The number of rotatable bonds is 7. The lowest BCUT2D eigenvalue weighted by molar-refractivity contribution is 0.288. The average molecular weight is 343 g/mol. The molecule has 4 rings (SSSR count). The van der Waals surface area contributed by atoms with Crippen LogP contribution in [-0.4, -0.2) is 49.1 Å². The number of aryl methyl sites for hydroxylation is 2. The predicted molar refractivity (Wildman–Crippen MR) is 96.3 cm³/mol. The number of hydrogen-bond donors (Lipinski definition) is 1. The van der Waals surface area contributed by atoms with Crippen LogP contribution in [0.3, 0.4) is 0 Å². The lowest BCUT2D eigenvalue weighted by atomic mass is 9.80. The van der Waals surface area contributed by atoms with Crippen molar-refractivity contribution in [3.63, 3.8) is 0 Å². The fourth-order valence-electron chi connectivity index (χ4n) is 3.81. The summed E-state index contributed by atoms with van der Waals surface area (Å²) in [5, 5.41) is 13.6. The molecule has 2 heterocycles. The van der Waals surface area contributed by atoms with Crippen molar-refractivity contribution in [1.82, 2.24) is 29.4 Å². The molecule has 0 aromatic carbocycles. The molecule has 0 aliphatic heterocycles. The van der Waals surface area contributed by atoms with Gasteiger partial charge in [0.1, 0.15) is 11.6 Å². The molecule has 2 aromatic heterocycles. The molecular weight excluding hydrogens is 314 g/mol. The quantitative estimate of drug-likeness (QED) is 0.829. The van der Waals surface area contributed by atoms with E-state index in [2.05, 4.69) is 49.5 Å². The number of likely N-dealkylation sites (N-methyl/N-ethyl adjacent to an activating group) is 1. The van der Waals surface area contributed by atoms with Crippen molar-refractivity contribution in [1.29, 1.82) is 0 Å². The minimum absolute atomic E-state index is 0.348. The summed E-state index contributed by atoms with van der Waals surface area (Å²) in [6, 6.07) is 3.08. The van der Waals surface area contributed by atoms with Gasteiger partial charge in [-0.05, 0) is 52.6 Å². The van der Waals surface area contributed by atoms with Gasteiger partial charge in [-0.25, -0.2) is 0 Å². The molecule has 2 N–H and O–H groups in total. The van der Waals surface area contributed by atoms with E-state index in [1.54, 1.807) is 0 Å². The molecule has 136 valence electrons. The second kappa shape index (κ2) is 6.53. The van der Waals surface area contributed by atoms with Crippen LogP contribution in [0.15, 0.2) is 6.07 Å². The summed E-state index contributed by atoms with van der Waals surface area (Å²) in [5.41, 5.74) is 8.27. The van der Waals surface area contributed by atoms with E-state index in [0.29, 0.717) is 18.0 Å². The zero-order valence-electron chi connectivity index (χ0n) is 15.5. The monoisotopic (exact) mass is 343 g/mol.